The highest BCUT2D eigenvalue weighted by Crippen LogP contribution is 2.07. The van der Waals surface area contributed by atoms with Gasteiger partial charge in [-0.05, 0) is 17.7 Å². The average molecular weight is 253 g/mol. The van der Waals surface area contributed by atoms with Crippen LogP contribution in [0.5, 0.6) is 0 Å². The minimum absolute atomic E-state index is 0.271. The van der Waals surface area contributed by atoms with E-state index in [9.17, 15) is 8.60 Å². The monoisotopic (exact) mass is 253 g/mol. The molecule has 0 bridgehead atoms. The van der Waals surface area contributed by atoms with Gasteiger partial charge in [-0.25, -0.2) is 21.9 Å². The lowest BCUT2D eigenvalue weighted by Crippen LogP contribution is -2.25. The van der Waals surface area contributed by atoms with Crippen molar-refractivity contribution in [1.29, 1.82) is 0 Å². The SMILES string of the molecule is CN(Cc1ccc(F)cc1)S(=O)n1ccnc1. The van der Waals surface area contributed by atoms with Crippen LogP contribution in [0.2, 0.25) is 0 Å². The van der Waals surface area contributed by atoms with Crippen LogP contribution in [0.3, 0.4) is 0 Å². The van der Waals surface area contributed by atoms with Crippen molar-refractivity contribution in [3.63, 3.8) is 0 Å². The molecule has 6 heteroatoms. The third kappa shape index (κ3) is 2.98. The second kappa shape index (κ2) is 5.20. The number of aromatic nitrogens is 2. The summed E-state index contributed by atoms with van der Waals surface area (Å²) in [6.07, 6.45) is 4.71. The van der Waals surface area contributed by atoms with Crippen LogP contribution < -0.4 is 0 Å². The first kappa shape index (κ1) is 11.9. The molecule has 1 heterocycles. The zero-order chi connectivity index (χ0) is 12.3. The van der Waals surface area contributed by atoms with Gasteiger partial charge in [-0.15, -0.1) is 0 Å². The van der Waals surface area contributed by atoms with Crippen LogP contribution in [0.15, 0.2) is 43.0 Å². The molecule has 1 aromatic heterocycles. The van der Waals surface area contributed by atoms with Gasteiger partial charge in [-0.3, -0.25) is 0 Å². The molecule has 0 saturated heterocycles. The van der Waals surface area contributed by atoms with Crippen molar-refractivity contribution in [2.24, 2.45) is 0 Å². The molecule has 0 N–H and O–H groups in total. The fraction of sp³-hybridized carbons (Fsp3) is 0.182. The van der Waals surface area contributed by atoms with Gasteiger partial charge in [0.2, 0.25) is 11.2 Å². The summed E-state index contributed by atoms with van der Waals surface area (Å²) >= 11 is -1.31. The zero-order valence-corrected chi connectivity index (χ0v) is 10.1. The Hall–Kier alpha value is -1.53. The molecule has 0 aliphatic heterocycles. The predicted molar refractivity (Wildman–Crippen MR) is 63.6 cm³/mol. The van der Waals surface area contributed by atoms with Crippen LogP contribution in [0.4, 0.5) is 4.39 Å². The summed E-state index contributed by atoms with van der Waals surface area (Å²) in [5.41, 5.74) is 0.905. The summed E-state index contributed by atoms with van der Waals surface area (Å²) in [7, 11) is 1.74. The number of imidazole rings is 1. The van der Waals surface area contributed by atoms with Gasteiger partial charge in [-0.1, -0.05) is 12.1 Å². The molecule has 0 spiro atoms. The van der Waals surface area contributed by atoms with E-state index in [2.05, 4.69) is 4.98 Å². The smallest absolute Gasteiger partial charge is 0.204 e. The van der Waals surface area contributed by atoms with E-state index in [-0.39, 0.29) is 5.82 Å². The fourth-order valence-electron chi connectivity index (χ4n) is 1.40. The lowest BCUT2D eigenvalue weighted by atomic mass is 10.2. The first-order valence-electron chi connectivity index (χ1n) is 5.03. The van der Waals surface area contributed by atoms with Crippen molar-refractivity contribution in [2.75, 3.05) is 7.05 Å². The largest absolute Gasteiger partial charge is 0.244 e. The Balaban J connectivity index is 2.04. The lowest BCUT2D eigenvalue weighted by molar-refractivity contribution is 0.513. The van der Waals surface area contributed by atoms with Gasteiger partial charge in [-0.2, -0.15) is 0 Å². The van der Waals surface area contributed by atoms with Crippen molar-refractivity contribution < 1.29 is 8.60 Å². The van der Waals surface area contributed by atoms with E-state index in [1.807, 2.05) is 0 Å². The number of nitrogens with zero attached hydrogens (tertiary/aromatic N) is 3. The summed E-state index contributed by atoms with van der Waals surface area (Å²) in [4.78, 5) is 3.84. The first-order chi connectivity index (χ1) is 8.16. The van der Waals surface area contributed by atoms with Crippen LogP contribution in [-0.4, -0.2) is 24.5 Å². The maximum atomic E-state index is 12.7. The van der Waals surface area contributed by atoms with Crippen LogP contribution >= 0.6 is 0 Å². The molecule has 4 nitrogen and oxygen atoms in total. The van der Waals surface area contributed by atoms with Crippen LogP contribution in [0, 0.1) is 5.82 Å². The quantitative estimate of drug-likeness (QED) is 0.829. The van der Waals surface area contributed by atoms with Crippen LogP contribution in [0.25, 0.3) is 0 Å². The van der Waals surface area contributed by atoms with E-state index < -0.39 is 11.2 Å². The van der Waals surface area contributed by atoms with Crippen molar-refractivity contribution in [3.05, 3.63) is 54.4 Å². The highest BCUT2D eigenvalue weighted by atomic mass is 32.2. The van der Waals surface area contributed by atoms with Crippen LogP contribution in [0.1, 0.15) is 5.56 Å². The van der Waals surface area contributed by atoms with Crippen molar-refractivity contribution in [3.8, 4) is 0 Å². The van der Waals surface area contributed by atoms with Crippen molar-refractivity contribution in [1.82, 2.24) is 13.3 Å². The van der Waals surface area contributed by atoms with Gasteiger partial charge in [0.1, 0.15) is 12.1 Å². The number of halogens is 1. The van der Waals surface area contributed by atoms with E-state index in [0.717, 1.165) is 5.56 Å². The molecule has 0 saturated carbocycles. The molecule has 2 aromatic rings. The maximum Gasteiger partial charge on any atom is 0.204 e. The molecule has 0 radical (unpaired) electrons. The standard InChI is InChI=1S/C11H12FN3OS/c1-14(17(16)15-7-6-13-9-15)8-10-2-4-11(12)5-3-10/h2-7,9H,8H2,1H3. The highest BCUT2D eigenvalue weighted by Gasteiger charge is 2.09. The van der Waals surface area contributed by atoms with E-state index >= 15 is 0 Å². The fourth-order valence-corrected chi connectivity index (χ4v) is 2.28. The minimum atomic E-state index is -1.31. The van der Waals surface area contributed by atoms with E-state index in [4.69, 9.17) is 0 Å². The number of hydrogen-bond donors (Lipinski definition) is 0. The molecule has 0 aliphatic carbocycles. The van der Waals surface area contributed by atoms with Gasteiger partial charge < -0.3 is 0 Å². The Morgan fingerprint density at radius 2 is 2.12 bits per heavy atom. The zero-order valence-electron chi connectivity index (χ0n) is 9.28. The topological polar surface area (TPSA) is 38.1 Å². The van der Waals surface area contributed by atoms with Gasteiger partial charge in [0.25, 0.3) is 0 Å². The molecule has 90 valence electrons. The normalized spacial score (nSPS) is 12.9. The second-order valence-corrected chi connectivity index (χ2v) is 5.07. The van der Waals surface area contributed by atoms with Gasteiger partial charge in [0.15, 0.2) is 0 Å². The molecule has 1 unspecified atom stereocenters. The van der Waals surface area contributed by atoms with Crippen molar-refractivity contribution >= 4 is 11.2 Å². The molecule has 2 rings (SSSR count). The molecule has 1 atom stereocenters. The Kier molecular flexibility index (Phi) is 3.65. The lowest BCUT2D eigenvalue weighted by Gasteiger charge is -2.15. The molecule has 0 aliphatic rings. The predicted octanol–water partition coefficient (Wildman–Crippen LogP) is 1.58. The molecule has 17 heavy (non-hydrogen) atoms. The van der Waals surface area contributed by atoms with Gasteiger partial charge >= 0.3 is 0 Å². The van der Waals surface area contributed by atoms with E-state index in [1.54, 1.807) is 35.9 Å². The summed E-state index contributed by atoms with van der Waals surface area (Å²) in [6, 6.07) is 6.14. The number of rotatable bonds is 4. The Labute approximate surface area is 101 Å². The molecular formula is C11H12FN3OS. The minimum Gasteiger partial charge on any atom is -0.244 e. The average Bonchev–Trinajstić information content (AvgIpc) is 2.84. The summed E-state index contributed by atoms with van der Waals surface area (Å²) in [5.74, 6) is -0.271. The molecule has 1 aromatic carbocycles. The molecular weight excluding hydrogens is 241 g/mol. The summed E-state index contributed by atoms with van der Waals surface area (Å²) < 4.78 is 27.8. The number of benzene rings is 1. The van der Waals surface area contributed by atoms with Gasteiger partial charge in [0, 0.05) is 26.0 Å². The Bertz CT molecular complexity index is 498. The Morgan fingerprint density at radius 1 is 1.41 bits per heavy atom. The molecule has 0 fully saturated rings. The maximum absolute atomic E-state index is 12.7. The van der Waals surface area contributed by atoms with Gasteiger partial charge in [0.05, 0.1) is 0 Å². The number of hydrogen-bond acceptors (Lipinski definition) is 2. The Morgan fingerprint density at radius 3 is 2.71 bits per heavy atom. The second-order valence-electron chi connectivity index (χ2n) is 3.57. The molecule has 0 amide bonds. The van der Waals surface area contributed by atoms with Crippen LogP contribution in [-0.2, 0) is 17.7 Å². The summed E-state index contributed by atoms with van der Waals surface area (Å²) in [6.45, 7) is 0.477. The first-order valence-corrected chi connectivity index (χ1v) is 6.09. The highest BCUT2D eigenvalue weighted by molar-refractivity contribution is 7.81. The van der Waals surface area contributed by atoms with Crippen molar-refractivity contribution in [2.45, 2.75) is 6.54 Å². The van der Waals surface area contributed by atoms with E-state index in [1.165, 1.54) is 22.4 Å². The summed E-state index contributed by atoms with van der Waals surface area (Å²) in [5, 5.41) is 0. The van der Waals surface area contributed by atoms with E-state index in [0.29, 0.717) is 6.54 Å². The third-order valence-corrected chi connectivity index (χ3v) is 3.48. The third-order valence-electron chi connectivity index (χ3n) is 2.25.